The number of hydrogen-bond donors (Lipinski definition) is 1. The number of carbonyl (C=O) groups excluding carboxylic acids is 1. The second kappa shape index (κ2) is 5.88. The fraction of sp³-hybridized carbons (Fsp3) is 0.312. The van der Waals surface area contributed by atoms with Gasteiger partial charge in [-0.25, -0.2) is 9.97 Å². The molecule has 114 valence electrons. The fourth-order valence-corrected chi connectivity index (χ4v) is 3.27. The van der Waals surface area contributed by atoms with Gasteiger partial charge in [-0.15, -0.1) is 11.3 Å². The van der Waals surface area contributed by atoms with Crippen molar-refractivity contribution in [1.82, 2.24) is 15.3 Å². The van der Waals surface area contributed by atoms with E-state index >= 15 is 0 Å². The van der Waals surface area contributed by atoms with Gasteiger partial charge in [0.15, 0.2) is 5.89 Å². The predicted molar refractivity (Wildman–Crippen MR) is 86.3 cm³/mol. The zero-order chi connectivity index (χ0) is 15.7. The molecule has 2 heterocycles. The molecule has 0 fully saturated rings. The number of carbonyl (C=O) groups is 1. The van der Waals surface area contributed by atoms with Crippen molar-refractivity contribution < 1.29 is 9.21 Å². The van der Waals surface area contributed by atoms with Crippen LogP contribution in [0, 0.1) is 13.8 Å². The zero-order valence-electron chi connectivity index (χ0n) is 12.7. The van der Waals surface area contributed by atoms with Crippen LogP contribution in [0.1, 0.15) is 40.0 Å². The molecule has 6 heteroatoms. The molecular weight excluding hydrogens is 298 g/mol. The van der Waals surface area contributed by atoms with Crippen molar-refractivity contribution in [3.8, 4) is 0 Å². The minimum absolute atomic E-state index is 0.144. The average molecular weight is 315 g/mol. The number of hydrogen-bond acceptors (Lipinski definition) is 5. The van der Waals surface area contributed by atoms with E-state index in [9.17, 15) is 4.79 Å². The van der Waals surface area contributed by atoms with Gasteiger partial charge in [0.2, 0.25) is 5.76 Å². The number of rotatable bonds is 4. The van der Waals surface area contributed by atoms with E-state index in [4.69, 9.17) is 4.42 Å². The van der Waals surface area contributed by atoms with Crippen molar-refractivity contribution in [2.75, 3.05) is 6.54 Å². The first-order valence-corrected chi connectivity index (χ1v) is 7.94. The van der Waals surface area contributed by atoms with Crippen LogP contribution >= 0.6 is 11.3 Å². The lowest BCUT2D eigenvalue weighted by Gasteiger charge is -2.09. The van der Waals surface area contributed by atoms with Crippen molar-refractivity contribution in [2.24, 2.45) is 0 Å². The van der Waals surface area contributed by atoms with E-state index < -0.39 is 0 Å². The summed E-state index contributed by atoms with van der Waals surface area (Å²) in [5.74, 6) is 0.701. The maximum Gasteiger partial charge on any atom is 0.289 e. The average Bonchev–Trinajstić information content (AvgIpc) is 3.07. The molecule has 0 bridgehead atoms. The number of thiazole rings is 1. The summed E-state index contributed by atoms with van der Waals surface area (Å²) in [4.78, 5) is 20.8. The normalized spacial score (nSPS) is 12.5. The van der Waals surface area contributed by atoms with E-state index in [1.807, 2.05) is 18.2 Å². The molecule has 0 spiro atoms. The standard InChI is InChI=1S/C16H17N3O2S/c1-9(16-19-12-6-4-5-7-13(12)22-16)8-17-15(20)14-10(2)18-11(3)21-14/h4-7,9H,8H2,1-3H3,(H,17,20)/t9-/m0/s1. The lowest BCUT2D eigenvalue weighted by Crippen LogP contribution is -2.27. The summed E-state index contributed by atoms with van der Waals surface area (Å²) in [7, 11) is 0. The summed E-state index contributed by atoms with van der Waals surface area (Å²) in [5.41, 5.74) is 1.62. The minimum Gasteiger partial charge on any atom is -0.436 e. The van der Waals surface area contributed by atoms with Crippen LogP contribution in [-0.2, 0) is 0 Å². The summed E-state index contributed by atoms with van der Waals surface area (Å²) >= 11 is 1.66. The number of nitrogens with zero attached hydrogens (tertiary/aromatic N) is 2. The van der Waals surface area contributed by atoms with Crippen LogP contribution in [0.25, 0.3) is 10.2 Å². The van der Waals surface area contributed by atoms with E-state index in [-0.39, 0.29) is 17.6 Å². The smallest absolute Gasteiger partial charge is 0.289 e. The van der Waals surface area contributed by atoms with Crippen molar-refractivity contribution in [2.45, 2.75) is 26.7 Å². The molecule has 2 aromatic heterocycles. The van der Waals surface area contributed by atoms with E-state index in [1.54, 1.807) is 25.2 Å². The Morgan fingerprint density at radius 2 is 2.09 bits per heavy atom. The van der Waals surface area contributed by atoms with Gasteiger partial charge in [-0.3, -0.25) is 4.79 Å². The Balaban J connectivity index is 1.68. The second-order valence-electron chi connectivity index (χ2n) is 5.28. The van der Waals surface area contributed by atoms with E-state index in [0.717, 1.165) is 15.2 Å². The molecule has 1 amide bonds. The Kier molecular flexibility index (Phi) is 3.94. The summed E-state index contributed by atoms with van der Waals surface area (Å²) in [5, 5.41) is 3.91. The first-order chi connectivity index (χ1) is 10.5. The number of amides is 1. The summed E-state index contributed by atoms with van der Waals surface area (Å²) in [6.07, 6.45) is 0. The molecule has 1 N–H and O–H groups in total. The number of aryl methyl sites for hydroxylation is 2. The monoisotopic (exact) mass is 315 g/mol. The van der Waals surface area contributed by atoms with Crippen molar-refractivity contribution in [1.29, 1.82) is 0 Å². The van der Waals surface area contributed by atoms with Gasteiger partial charge in [0.1, 0.15) is 0 Å². The molecule has 0 radical (unpaired) electrons. The third kappa shape index (κ3) is 2.87. The molecule has 0 aliphatic heterocycles. The highest BCUT2D eigenvalue weighted by Gasteiger charge is 2.18. The van der Waals surface area contributed by atoms with Gasteiger partial charge in [-0.1, -0.05) is 19.1 Å². The van der Waals surface area contributed by atoms with E-state index in [1.165, 1.54) is 0 Å². The first kappa shape index (κ1) is 14.7. The largest absolute Gasteiger partial charge is 0.436 e. The number of benzene rings is 1. The molecule has 22 heavy (non-hydrogen) atoms. The highest BCUT2D eigenvalue weighted by molar-refractivity contribution is 7.18. The van der Waals surface area contributed by atoms with Crippen LogP contribution in [0.15, 0.2) is 28.7 Å². The second-order valence-corrected chi connectivity index (χ2v) is 6.34. The first-order valence-electron chi connectivity index (χ1n) is 7.12. The topological polar surface area (TPSA) is 68.0 Å². The molecule has 0 saturated carbocycles. The lowest BCUT2D eigenvalue weighted by atomic mass is 10.2. The number of nitrogens with one attached hydrogen (secondary N) is 1. The molecule has 0 saturated heterocycles. The van der Waals surface area contributed by atoms with Crippen LogP contribution in [0.3, 0.4) is 0 Å². The summed E-state index contributed by atoms with van der Waals surface area (Å²) in [6, 6.07) is 8.04. The molecule has 3 rings (SSSR count). The van der Waals surface area contributed by atoms with E-state index in [0.29, 0.717) is 18.1 Å². The van der Waals surface area contributed by atoms with Gasteiger partial charge < -0.3 is 9.73 Å². The third-order valence-electron chi connectivity index (χ3n) is 3.41. The minimum atomic E-state index is -0.230. The Morgan fingerprint density at radius 1 is 1.32 bits per heavy atom. The van der Waals surface area contributed by atoms with Crippen molar-refractivity contribution in [3.63, 3.8) is 0 Å². The Labute approximate surface area is 132 Å². The molecule has 3 aromatic rings. The van der Waals surface area contributed by atoms with Gasteiger partial charge in [0, 0.05) is 19.4 Å². The molecule has 0 aliphatic rings. The molecule has 0 unspecified atom stereocenters. The molecule has 1 aromatic carbocycles. The summed E-state index contributed by atoms with van der Waals surface area (Å²) < 4.78 is 6.49. The predicted octanol–water partition coefficient (Wildman–Crippen LogP) is 3.43. The van der Waals surface area contributed by atoms with Crippen LogP contribution in [0.4, 0.5) is 0 Å². The molecule has 0 aliphatic carbocycles. The van der Waals surface area contributed by atoms with Gasteiger partial charge in [0.05, 0.1) is 20.9 Å². The Bertz CT molecular complexity index is 789. The number of fused-ring (bicyclic) bond motifs is 1. The Hall–Kier alpha value is -2.21. The molecule has 5 nitrogen and oxygen atoms in total. The van der Waals surface area contributed by atoms with Crippen LogP contribution in [-0.4, -0.2) is 22.4 Å². The van der Waals surface area contributed by atoms with Crippen molar-refractivity contribution in [3.05, 3.63) is 46.6 Å². The van der Waals surface area contributed by atoms with Crippen LogP contribution < -0.4 is 5.32 Å². The van der Waals surface area contributed by atoms with Gasteiger partial charge >= 0.3 is 0 Å². The van der Waals surface area contributed by atoms with Crippen LogP contribution in [0.5, 0.6) is 0 Å². The maximum atomic E-state index is 12.1. The zero-order valence-corrected chi connectivity index (χ0v) is 13.5. The fourth-order valence-electron chi connectivity index (χ4n) is 2.26. The lowest BCUT2D eigenvalue weighted by molar-refractivity contribution is 0.0922. The van der Waals surface area contributed by atoms with Gasteiger partial charge in [0.25, 0.3) is 5.91 Å². The van der Waals surface area contributed by atoms with Gasteiger partial charge in [-0.2, -0.15) is 0 Å². The number of oxazole rings is 1. The molecule has 1 atom stereocenters. The number of aromatic nitrogens is 2. The maximum absolute atomic E-state index is 12.1. The van der Waals surface area contributed by atoms with Gasteiger partial charge in [-0.05, 0) is 19.1 Å². The third-order valence-corrected chi connectivity index (χ3v) is 4.68. The highest BCUT2D eigenvalue weighted by atomic mass is 32.1. The highest BCUT2D eigenvalue weighted by Crippen LogP contribution is 2.26. The van der Waals surface area contributed by atoms with Crippen molar-refractivity contribution >= 4 is 27.5 Å². The SMILES string of the molecule is Cc1nc(C)c(C(=O)NC[C@H](C)c2nc3ccccc3s2)o1. The van der Waals surface area contributed by atoms with E-state index in [2.05, 4.69) is 28.3 Å². The number of para-hydroxylation sites is 1. The Morgan fingerprint density at radius 3 is 2.77 bits per heavy atom. The van der Waals surface area contributed by atoms with Crippen LogP contribution in [0.2, 0.25) is 0 Å². The molecular formula is C16H17N3O2S. The summed E-state index contributed by atoms with van der Waals surface area (Å²) in [6.45, 7) is 6.06. The quantitative estimate of drug-likeness (QED) is 0.801.